The number of rotatable bonds is 8. The summed E-state index contributed by atoms with van der Waals surface area (Å²) in [5.41, 5.74) is 3.82. The highest BCUT2D eigenvalue weighted by molar-refractivity contribution is 6.32. The predicted molar refractivity (Wildman–Crippen MR) is 146 cm³/mol. The summed E-state index contributed by atoms with van der Waals surface area (Å²) < 4.78 is 17.3. The summed E-state index contributed by atoms with van der Waals surface area (Å²) in [5, 5.41) is 6.76. The van der Waals surface area contributed by atoms with Crippen LogP contribution in [0, 0.1) is 5.41 Å². The van der Waals surface area contributed by atoms with Crippen molar-refractivity contribution < 1.29 is 23.8 Å². The Morgan fingerprint density at radius 2 is 2.23 bits per heavy atom. The molecular weight excluding hydrogens is 522 g/mol. The molecule has 0 bridgehead atoms. The van der Waals surface area contributed by atoms with Crippen molar-refractivity contribution in [1.82, 2.24) is 20.2 Å². The quantitative estimate of drug-likeness (QED) is 0.368. The van der Waals surface area contributed by atoms with Crippen LogP contribution in [-0.2, 0) is 16.0 Å². The number of halogens is 1. The first kappa shape index (κ1) is 25.3. The van der Waals surface area contributed by atoms with Gasteiger partial charge in [0.05, 0.1) is 65.6 Å². The van der Waals surface area contributed by atoms with Crippen LogP contribution in [0.3, 0.4) is 0 Å². The number of para-hydroxylation sites is 1. The molecule has 6 rings (SSSR count). The number of carbonyl (C=O) groups is 2. The summed E-state index contributed by atoms with van der Waals surface area (Å²) in [7, 11) is 1.54. The van der Waals surface area contributed by atoms with E-state index in [0.29, 0.717) is 71.9 Å². The molecule has 3 aliphatic rings. The van der Waals surface area contributed by atoms with Gasteiger partial charge in [-0.25, -0.2) is 0 Å². The third-order valence-corrected chi connectivity index (χ3v) is 7.95. The average molecular weight is 550 g/mol. The van der Waals surface area contributed by atoms with Gasteiger partial charge in [0, 0.05) is 37.0 Å². The molecule has 3 aromatic rings. The molecule has 2 amide bonds. The zero-order valence-corrected chi connectivity index (χ0v) is 22.1. The number of nitrogens with zero attached hydrogens (tertiary/aromatic N) is 2. The SMILES string of the molecule is C=CC(=O)N1CC2(COC2)[C@@H]1COc1cnccc1-c1[nH]c2c(c1Nc1cccc(Cl)c1OC)C(=O)NCC2. The molecule has 0 radical (unpaired) electrons. The monoisotopic (exact) mass is 549 g/mol. The molecule has 10 nitrogen and oxygen atoms in total. The highest BCUT2D eigenvalue weighted by Gasteiger charge is 2.59. The smallest absolute Gasteiger partial charge is 0.255 e. The van der Waals surface area contributed by atoms with E-state index in [4.69, 9.17) is 25.8 Å². The van der Waals surface area contributed by atoms with Crippen molar-refractivity contribution in [2.24, 2.45) is 5.41 Å². The van der Waals surface area contributed by atoms with Crippen LogP contribution in [0.5, 0.6) is 11.5 Å². The van der Waals surface area contributed by atoms with E-state index in [1.165, 1.54) is 6.08 Å². The van der Waals surface area contributed by atoms with Crippen molar-refractivity contribution in [2.75, 3.05) is 45.3 Å². The number of ether oxygens (including phenoxy) is 3. The average Bonchev–Trinajstić information content (AvgIpc) is 3.27. The van der Waals surface area contributed by atoms with E-state index in [9.17, 15) is 9.59 Å². The van der Waals surface area contributed by atoms with Crippen molar-refractivity contribution >= 4 is 34.8 Å². The number of anilines is 2. The topological polar surface area (TPSA) is 118 Å². The number of amides is 2. The second kappa shape index (κ2) is 9.94. The first-order valence-electron chi connectivity index (χ1n) is 12.7. The molecule has 1 spiro atoms. The van der Waals surface area contributed by atoms with Gasteiger partial charge >= 0.3 is 0 Å². The van der Waals surface area contributed by atoms with E-state index >= 15 is 0 Å². The lowest BCUT2D eigenvalue weighted by molar-refractivity contribution is -0.229. The molecular formula is C28H28ClN5O5. The minimum Gasteiger partial charge on any atom is -0.493 e. The van der Waals surface area contributed by atoms with Crippen LogP contribution in [-0.4, -0.2) is 72.7 Å². The maximum Gasteiger partial charge on any atom is 0.255 e. The number of likely N-dealkylation sites (tertiary alicyclic amines) is 1. The van der Waals surface area contributed by atoms with Gasteiger partial charge in [0.2, 0.25) is 5.91 Å². The lowest BCUT2D eigenvalue weighted by Crippen LogP contribution is -2.75. The number of nitrogens with one attached hydrogen (secondary N) is 3. The van der Waals surface area contributed by atoms with Gasteiger partial charge in [-0.15, -0.1) is 0 Å². The molecule has 1 aromatic carbocycles. The van der Waals surface area contributed by atoms with Gasteiger partial charge in [-0.05, 0) is 24.3 Å². The summed E-state index contributed by atoms with van der Waals surface area (Å²) in [5.74, 6) is 0.676. The predicted octanol–water partition coefficient (Wildman–Crippen LogP) is 3.56. The summed E-state index contributed by atoms with van der Waals surface area (Å²) in [6, 6.07) is 7.07. The fraction of sp³-hybridized carbons (Fsp3) is 0.321. The van der Waals surface area contributed by atoms with Crippen molar-refractivity contribution in [3.8, 4) is 22.8 Å². The maximum atomic E-state index is 13.0. The Kier molecular flexibility index (Phi) is 6.44. The minimum absolute atomic E-state index is 0.0967. The number of aromatic amines is 1. The molecule has 2 aromatic heterocycles. The van der Waals surface area contributed by atoms with Crippen LogP contribution in [0.2, 0.25) is 5.02 Å². The Balaban J connectivity index is 1.37. The van der Waals surface area contributed by atoms with E-state index in [0.717, 1.165) is 11.3 Å². The summed E-state index contributed by atoms with van der Waals surface area (Å²) in [6.45, 7) is 6.24. The number of aromatic nitrogens is 2. The number of benzene rings is 1. The first-order valence-corrected chi connectivity index (χ1v) is 13.0. The van der Waals surface area contributed by atoms with Crippen LogP contribution < -0.4 is 20.1 Å². The standard InChI is InChI=1S/C28H28ClN5O5/c1-3-22(35)34-13-28(14-38-15-28)21(34)12-39-20-11-30-9-7-16(20)24-25(23-18(32-24)8-10-31-27(23)36)33-19-6-4-5-17(29)26(19)37-2/h3-7,9,11,21,32-33H,1,8,10,12-15H2,2H3,(H,31,36)/t21-/m0/s1. The molecule has 39 heavy (non-hydrogen) atoms. The van der Waals surface area contributed by atoms with Gasteiger partial charge in [-0.3, -0.25) is 14.6 Å². The summed E-state index contributed by atoms with van der Waals surface area (Å²) >= 11 is 6.37. The number of H-pyrrole nitrogens is 1. The highest BCUT2D eigenvalue weighted by Crippen LogP contribution is 2.46. The van der Waals surface area contributed by atoms with Crippen molar-refractivity contribution in [1.29, 1.82) is 0 Å². The molecule has 2 saturated heterocycles. The molecule has 0 saturated carbocycles. The molecule has 0 unspecified atom stereocenters. The van der Waals surface area contributed by atoms with Gasteiger partial charge in [0.15, 0.2) is 5.75 Å². The normalized spacial score (nSPS) is 18.9. The molecule has 11 heteroatoms. The Morgan fingerprint density at radius 3 is 2.97 bits per heavy atom. The third-order valence-electron chi connectivity index (χ3n) is 7.65. The van der Waals surface area contributed by atoms with Crippen molar-refractivity contribution in [3.63, 3.8) is 0 Å². The van der Waals surface area contributed by atoms with Gasteiger partial charge in [-0.1, -0.05) is 24.2 Å². The molecule has 2 fully saturated rings. The lowest BCUT2D eigenvalue weighted by Gasteiger charge is -2.60. The fourth-order valence-corrected chi connectivity index (χ4v) is 5.81. The minimum atomic E-state index is -0.182. The maximum absolute atomic E-state index is 13.0. The van der Waals surface area contributed by atoms with Crippen LogP contribution in [0.1, 0.15) is 16.1 Å². The largest absolute Gasteiger partial charge is 0.493 e. The number of carbonyl (C=O) groups excluding carboxylic acids is 2. The molecule has 202 valence electrons. The van der Waals surface area contributed by atoms with Crippen LogP contribution in [0.25, 0.3) is 11.3 Å². The van der Waals surface area contributed by atoms with E-state index < -0.39 is 0 Å². The van der Waals surface area contributed by atoms with E-state index in [1.807, 2.05) is 18.2 Å². The van der Waals surface area contributed by atoms with Gasteiger partial charge in [-0.2, -0.15) is 0 Å². The van der Waals surface area contributed by atoms with Crippen molar-refractivity contribution in [2.45, 2.75) is 12.5 Å². The van der Waals surface area contributed by atoms with E-state index in [-0.39, 0.29) is 29.9 Å². The first-order chi connectivity index (χ1) is 19.0. The molecule has 1 atom stereocenters. The molecule has 3 aliphatic heterocycles. The molecule has 5 heterocycles. The van der Waals surface area contributed by atoms with Crippen LogP contribution in [0.15, 0.2) is 49.3 Å². The summed E-state index contributed by atoms with van der Waals surface area (Å²) in [4.78, 5) is 34.9. The number of hydrogen-bond acceptors (Lipinski definition) is 7. The van der Waals surface area contributed by atoms with E-state index in [2.05, 4.69) is 27.2 Å². The van der Waals surface area contributed by atoms with Crippen molar-refractivity contribution in [3.05, 3.63) is 65.6 Å². The Morgan fingerprint density at radius 1 is 1.38 bits per heavy atom. The Bertz CT molecular complexity index is 1470. The Hall–Kier alpha value is -4.02. The zero-order chi connectivity index (χ0) is 27.1. The molecule has 3 N–H and O–H groups in total. The number of hydrogen-bond donors (Lipinski definition) is 3. The Labute approximate surface area is 230 Å². The van der Waals surface area contributed by atoms with Gasteiger partial charge in [0.25, 0.3) is 5.91 Å². The second-order valence-corrected chi connectivity index (χ2v) is 10.3. The fourth-order valence-electron chi connectivity index (χ4n) is 5.56. The highest BCUT2D eigenvalue weighted by atomic mass is 35.5. The van der Waals surface area contributed by atoms with Gasteiger partial charge in [0.1, 0.15) is 12.4 Å². The lowest BCUT2D eigenvalue weighted by atomic mass is 9.70. The van der Waals surface area contributed by atoms with Gasteiger partial charge < -0.3 is 34.7 Å². The number of pyridine rings is 1. The van der Waals surface area contributed by atoms with Crippen LogP contribution in [0.4, 0.5) is 11.4 Å². The summed E-state index contributed by atoms with van der Waals surface area (Å²) in [6.07, 6.45) is 5.28. The second-order valence-electron chi connectivity index (χ2n) is 9.90. The third kappa shape index (κ3) is 4.20. The zero-order valence-electron chi connectivity index (χ0n) is 21.4. The number of methoxy groups -OCH3 is 1. The molecule has 0 aliphatic carbocycles. The van der Waals surface area contributed by atoms with E-state index in [1.54, 1.807) is 30.5 Å². The number of fused-ring (bicyclic) bond motifs is 1. The van der Waals surface area contributed by atoms with Crippen LogP contribution >= 0.6 is 11.6 Å².